The van der Waals surface area contributed by atoms with Crippen LogP contribution in [0.2, 0.25) is 0 Å². The van der Waals surface area contributed by atoms with Crippen LogP contribution in [0.3, 0.4) is 0 Å². The van der Waals surface area contributed by atoms with Gasteiger partial charge >= 0.3 is 10.3 Å². The number of hydrogen-bond donors (Lipinski definition) is 0. The van der Waals surface area contributed by atoms with Crippen molar-refractivity contribution < 1.29 is 21.7 Å². The Balaban J connectivity index is 0.00000133. The number of unbranched alkanes of at least 4 members (excludes halogenated alkanes) is 1. The largest absolute Gasteiger partial charge is 1.00 e. The molecule has 8 heteroatoms. The fourth-order valence-electron chi connectivity index (χ4n) is 2.14. The molecule has 0 bridgehead atoms. The molecule has 0 amide bonds. The topological polar surface area (TPSA) is 44.7 Å². The van der Waals surface area contributed by atoms with Gasteiger partial charge in [-0.2, -0.15) is 10.1 Å². The second kappa shape index (κ2) is 5.88. The Morgan fingerprint density at radius 1 is 1.37 bits per heavy atom. The molecule has 0 aliphatic carbocycles. The molecule has 5 nitrogen and oxygen atoms in total. The standard InChI is InChI=1S/C11H16N5S2.BrH/c1-4-5-6-9-15-10(17-7(2)13-15)12-11-16(9)14-8(3)18-11;/h9H,4-6H2,1-3H3;1H/q+1;/p-1. The fraction of sp³-hybridized carbons (Fsp3) is 0.636. The van der Waals surface area contributed by atoms with E-state index in [-0.39, 0.29) is 23.1 Å². The number of aryl methyl sites for hydroxylation is 1. The first-order valence-corrected chi connectivity index (χ1v) is 7.82. The van der Waals surface area contributed by atoms with E-state index in [1.54, 1.807) is 23.1 Å². The number of aliphatic imine (C=N–C) groups is 1. The van der Waals surface area contributed by atoms with E-state index in [4.69, 9.17) is 0 Å². The summed E-state index contributed by atoms with van der Waals surface area (Å²) in [5, 5.41) is 15.3. The monoisotopic (exact) mass is 361 g/mol. The van der Waals surface area contributed by atoms with Gasteiger partial charge in [0.05, 0.1) is 0 Å². The van der Waals surface area contributed by atoms with E-state index in [2.05, 4.69) is 22.1 Å². The quantitative estimate of drug-likeness (QED) is 0.701. The number of hydrazone groups is 1. The van der Waals surface area contributed by atoms with Crippen molar-refractivity contribution in [3.63, 3.8) is 0 Å². The lowest BCUT2D eigenvalue weighted by atomic mass is 10.2. The summed E-state index contributed by atoms with van der Waals surface area (Å²) in [5.74, 6) is 0. The van der Waals surface area contributed by atoms with Gasteiger partial charge in [0, 0.05) is 11.4 Å². The van der Waals surface area contributed by atoms with Gasteiger partial charge in [0.15, 0.2) is 0 Å². The van der Waals surface area contributed by atoms with Gasteiger partial charge in [-0.15, -0.1) is 0 Å². The van der Waals surface area contributed by atoms with E-state index in [1.165, 1.54) is 12.8 Å². The smallest absolute Gasteiger partial charge is 0.409 e. The van der Waals surface area contributed by atoms with Crippen molar-refractivity contribution in [2.75, 3.05) is 0 Å². The number of hydrogen-bond acceptors (Lipinski definition) is 6. The molecule has 0 fully saturated rings. The van der Waals surface area contributed by atoms with Gasteiger partial charge in [0.1, 0.15) is 10.1 Å². The highest BCUT2D eigenvalue weighted by Gasteiger charge is 2.43. The van der Waals surface area contributed by atoms with E-state index in [9.17, 15) is 0 Å². The van der Waals surface area contributed by atoms with Gasteiger partial charge in [0.25, 0.3) is 0 Å². The summed E-state index contributed by atoms with van der Waals surface area (Å²) < 4.78 is 2.03. The summed E-state index contributed by atoms with van der Waals surface area (Å²) in [6.07, 6.45) is 3.62. The Hall–Kier alpha value is -0.470. The van der Waals surface area contributed by atoms with Crippen molar-refractivity contribution in [2.45, 2.75) is 46.2 Å². The predicted octanol–water partition coefficient (Wildman–Crippen LogP) is -0.185. The van der Waals surface area contributed by atoms with Crippen LogP contribution < -0.4 is 21.7 Å². The molecular formula is C11H16BrN5S2. The highest BCUT2D eigenvalue weighted by molar-refractivity contribution is 8.26. The summed E-state index contributed by atoms with van der Waals surface area (Å²) in [6, 6.07) is 0. The third kappa shape index (κ3) is 2.71. The van der Waals surface area contributed by atoms with E-state index in [0.717, 1.165) is 26.8 Å². The first-order chi connectivity index (χ1) is 8.69. The molecule has 0 radical (unpaired) electrons. The average Bonchev–Trinajstić information content (AvgIpc) is 2.85. The first kappa shape index (κ1) is 14.9. The minimum atomic E-state index is 0. The maximum Gasteiger partial charge on any atom is 0.409 e. The second-order valence-electron chi connectivity index (χ2n) is 4.43. The minimum absolute atomic E-state index is 0. The maximum absolute atomic E-state index is 4.65. The van der Waals surface area contributed by atoms with Crippen LogP contribution in [0, 0.1) is 6.92 Å². The Morgan fingerprint density at radius 3 is 2.89 bits per heavy atom. The molecule has 19 heavy (non-hydrogen) atoms. The number of aromatic nitrogens is 2. The number of nitrogens with zero attached hydrogens (tertiary/aromatic N) is 5. The lowest BCUT2D eigenvalue weighted by Crippen LogP contribution is -3.00. The van der Waals surface area contributed by atoms with Gasteiger partial charge in [-0.1, -0.05) is 23.1 Å². The van der Waals surface area contributed by atoms with Crippen LogP contribution in [0.15, 0.2) is 10.1 Å². The second-order valence-corrected chi connectivity index (χ2v) is 6.75. The summed E-state index contributed by atoms with van der Waals surface area (Å²) in [5.41, 5.74) is 0. The number of halogens is 1. The molecule has 0 saturated carbocycles. The van der Waals surface area contributed by atoms with Crippen LogP contribution in [-0.2, 0) is 0 Å². The van der Waals surface area contributed by atoms with E-state index in [1.807, 2.05) is 23.5 Å². The lowest BCUT2D eigenvalue weighted by molar-refractivity contribution is -0.780. The van der Waals surface area contributed by atoms with Gasteiger partial charge in [0.2, 0.25) is 6.17 Å². The molecule has 2 aliphatic heterocycles. The summed E-state index contributed by atoms with van der Waals surface area (Å²) in [6.45, 7) is 6.27. The Morgan fingerprint density at radius 2 is 2.16 bits per heavy atom. The third-order valence-corrected chi connectivity index (χ3v) is 4.61. The number of fused-ring (bicyclic) bond motifs is 2. The van der Waals surface area contributed by atoms with Crippen LogP contribution in [-0.4, -0.2) is 20.3 Å². The zero-order valence-corrected chi connectivity index (χ0v) is 14.3. The highest BCUT2D eigenvalue weighted by atomic mass is 79.9. The molecule has 1 aromatic heterocycles. The number of thioether (sulfide) groups is 1. The molecule has 3 heterocycles. The van der Waals surface area contributed by atoms with Crippen LogP contribution >= 0.6 is 23.1 Å². The van der Waals surface area contributed by atoms with Gasteiger partial charge in [-0.05, 0) is 43.4 Å². The van der Waals surface area contributed by atoms with Gasteiger partial charge in [-0.25, -0.2) is 0 Å². The fourth-order valence-corrected chi connectivity index (χ4v) is 3.76. The normalized spacial score (nSPS) is 20.4. The SMILES string of the molecule is CCCCC1N2N=C(C)SC2=Nc2sc(C)n[n+]21.[Br-]. The summed E-state index contributed by atoms with van der Waals surface area (Å²) in [7, 11) is 0. The predicted molar refractivity (Wildman–Crippen MR) is 75.2 cm³/mol. The van der Waals surface area contributed by atoms with Crippen LogP contribution in [0.25, 0.3) is 0 Å². The summed E-state index contributed by atoms with van der Waals surface area (Å²) >= 11 is 3.30. The molecular weight excluding hydrogens is 346 g/mol. The van der Waals surface area contributed by atoms with Crippen LogP contribution in [0.4, 0.5) is 5.13 Å². The number of amidine groups is 1. The van der Waals surface area contributed by atoms with Crippen LogP contribution in [0.1, 0.15) is 44.3 Å². The molecule has 0 saturated heterocycles. The highest BCUT2D eigenvalue weighted by Crippen LogP contribution is 2.35. The molecule has 0 spiro atoms. The molecule has 3 rings (SSSR count). The lowest BCUT2D eigenvalue weighted by Gasteiger charge is -2.22. The van der Waals surface area contributed by atoms with Crippen molar-refractivity contribution >= 4 is 38.4 Å². The molecule has 0 aromatic carbocycles. The number of rotatable bonds is 3. The Bertz CT molecular complexity index is 539. The zero-order valence-electron chi connectivity index (χ0n) is 11.1. The van der Waals surface area contributed by atoms with Crippen molar-refractivity contribution in [1.82, 2.24) is 10.1 Å². The van der Waals surface area contributed by atoms with Crippen molar-refractivity contribution in [3.8, 4) is 0 Å². The Labute approximate surface area is 131 Å². The van der Waals surface area contributed by atoms with Crippen molar-refractivity contribution in [2.24, 2.45) is 10.1 Å². The molecule has 0 N–H and O–H groups in total. The van der Waals surface area contributed by atoms with Gasteiger partial charge < -0.3 is 17.0 Å². The third-order valence-electron chi connectivity index (χ3n) is 2.94. The molecule has 1 unspecified atom stereocenters. The molecule has 2 aliphatic rings. The zero-order chi connectivity index (χ0) is 12.7. The van der Waals surface area contributed by atoms with Crippen molar-refractivity contribution in [3.05, 3.63) is 5.01 Å². The summed E-state index contributed by atoms with van der Waals surface area (Å²) in [4.78, 5) is 4.65. The minimum Gasteiger partial charge on any atom is -1.00 e. The molecule has 1 aromatic rings. The maximum atomic E-state index is 4.65. The van der Waals surface area contributed by atoms with Crippen molar-refractivity contribution in [1.29, 1.82) is 0 Å². The van der Waals surface area contributed by atoms with E-state index >= 15 is 0 Å². The average molecular weight is 362 g/mol. The van der Waals surface area contributed by atoms with Gasteiger partial charge in [-0.3, -0.25) is 0 Å². The first-order valence-electron chi connectivity index (χ1n) is 6.19. The van der Waals surface area contributed by atoms with E-state index in [0.29, 0.717) is 0 Å². The van der Waals surface area contributed by atoms with Crippen LogP contribution in [0.5, 0.6) is 0 Å². The Kier molecular flexibility index (Phi) is 4.62. The molecule has 104 valence electrons. The molecule has 1 atom stereocenters. The van der Waals surface area contributed by atoms with E-state index < -0.39 is 0 Å².